The Morgan fingerprint density at radius 1 is 1.62 bits per heavy atom. The number of nitrogens with zero attached hydrogens (tertiary/aromatic N) is 1. The molecule has 1 aliphatic rings. The third-order valence-electron chi connectivity index (χ3n) is 2.53. The highest BCUT2D eigenvalue weighted by Crippen LogP contribution is 2.50. The van der Waals surface area contributed by atoms with Gasteiger partial charge in [-0.1, -0.05) is 0 Å². The standard InChI is InChI=1S/C9H10N2O2/c10-7-5-11-4-1-6(7)9(2-3-9)8(12)13/h1,4-5H,2-3,10H2,(H,12,13). The number of aliphatic carboxylic acids is 1. The summed E-state index contributed by atoms with van der Waals surface area (Å²) in [5, 5.41) is 9.01. The molecule has 0 unspecified atom stereocenters. The van der Waals surface area contributed by atoms with E-state index in [2.05, 4.69) is 4.98 Å². The Kier molecular flexibility index (Phi) is 1.52. The van der Waals surface area contributed by atoms with Gasteiger partial charge in [0.05, 0.1) is 17.3 Å². The highest BCUT2D eigenvalue weighted by atomic mass is 16.4. The third-order valence-corrected chi connectivity index (χ3v) is 2.53. The van der Waals surface area contributed by atoms with Crippen molar-refractivity contribution in [2.75, 3.05) is 5.73 Å². The Hall–Kier alpha value is -1.58. The molecule has 1 saturated carbocycles. The highest BCUT2D eigenvalue weighted by molar-refractivity contribution is 5.86. The van der Waals surface area contributed by atoms with Gasteiger partial charge in [0.1, 0.15) is 0 Å². The zero-order valence-electron chi connectivity index (χ0n) is 7.03. The molecule has 2 rings (SSSR count). The van der Waals surface area contributed by atoms with Crippen molar-refractivity contribution in [1.29, 1.82) is 0 Å². The summed E-state index contributed by atoms with van der Waals surface area (Å²) < 4.78 is 0. The zero-order valence-corrected chi connectivity index (χ0v) is 7.03. The van der Waals surface area contributed by atoms with Crippen molar-refractivity contribution in [1.82, 2.24) is 4.98 Å². The maximum atomic E-state index is 11.0. The number of anilines is 1. The number of rotatable bonds is 2. The number of carboxylic acids is 1. The molecule has 1 heterocycles. The van der Waals surface area contributed by atoms with Crippen LogP contribution in [0.25, 0.3) is 0 Å². The van der Waals surface area contributed by atoms with Crippen LogP contribution in [-0.2, 0) is 10.2 Å². The van der Waals surface area contributed by atoms with Crippen molar-refractivity contribution < 1.29 is 9.90 Å². The highest BCUT2D eigenvalue weighted by Gasteiger charge is 2.52. The lowest BCUT2D eigenvalue weighted by Gasteiger charge is -2.11. The minimum Gasteiger partial charge on any atom is -0.481 e. The van der Waals surface area contributed by atoms with Crippen molar-refractivity contribution in [2.24, 2.45) is 0 Å². The summed E-state index contributed by atoms with van der Waals surface area (Å²) >= 11 is 0. The average Bonchev–Trinajstić information content (AvgIpc) is 2.85. The SMILES string of the molecule is Nc1cnccc1C1(C(=O)O)CC1. The van der Waals surface area contributed by atoms with Crippen molar-refractivity contribution >= 4 is 11.7 Å². The summed E-state index contributed by atoms with van der Waals surface area (Å²) in [6.07, 6.45) is 4.43. The predicted molar refractivity (Wildman–Crippen MR) is 47.2 cm³/mol. The van der Waals surface area contributed by atoms with Crippen LogP contribution in [0.3, 0.4) is 0 Å². The Bertz CT molecular complexity index is 358. The predicted octanol–water partition coefficient (Wildman–Crippen LogP) is 0.780. The molecule has 4 heteroatoms. The molecule has 3 N–H and O–H groups in total. The molecule has 4 nitrogen and oxygen atoms in total. The van der Waals surface area contributed by atoms with E-state index in [1.807, 2.05) is 0 Å². The van der Waals surface area contributed by atoms with E-state index in [0.29, 0.717) is 24.1 Å². The van der Waals surface area contributed by atoms with Crippen LogP contribution < -0.4 is 5.73 Å². The molecular weight excluding hydrogens is 168 g/mol. The van der Waals surface area contributed by atoms with E-state index in [1.165, 1.54) is 6.20 Å². The molecule has 1 aromatic heterocycles. The second-order valence-corrected chi connectivity index (χ2v) is 3.35. The first-order valence-corrected chi connectivity index (χ1v) is 4.10. The summed E-state index contributed by atoms with van der Waals surface area (Å²) in [5.74, 6) is -0.787. The van der Waals surface area contributed by atoms with Crippen LogP contribution in [0, 0.1) is 0 Å². The van der Waals surface area contributed by atoms with Gasteiger partial charge in [-0.2, -0.15) is 0 Å². The number of hydrogen-bond acceptors (Lipinski definition) is 3. The fourth-order valence-electron chi connectivity index (χ4n) is 1.57. The molecule has 13 heavy (non-hydrogen) atoms. The maximum absolute atomic E-state index is 11.0. The van der Waals surface area contributed by atoms with Crippen molar-refractivity contribution in [3.8, 4) is 0 Å². The lowest BCUT2D eigenvalue weighted by atomic mass is 9.96. The first-order valence-electron chi connectivity index (χ1n) is 4.10. The number of carboxylic acid groups (broad SMARTS) is 1. The van der Waals surface area contributed by atoms with E-state index in [4.69, 9.17) is 10.8 Å². The molecule has 0 bridgehead atoms. The fourth-order valence-corrected chi connectivity index (χ4v) is 1.57. The fraction of sp³-hybridized carbons (Fsp3) is 0.333. The van der Waals surface area contributed by atoms with E-state index in [-0.39, 0.29) is 0 Å². The molecule has 0 saturated heterocycles. The van der Waals surface area contributed by atoms with E-state index in [1.54, 1.807) is 12.3 Å². The summed E-state index contributed by atoms with van der Waals surface area (Å²) in [7, 11) is 0. The minimum absolute atomic E-state index is 0.474. The van der Waals surface area contributed by atoms with Crippen molar-refractivity contribution in [3.05, 3.63) is 24.0 Å². The van der Waals surface area contributed by atoms with Gasteiger partial charge in [-0.25, -0.2) is 0 Å². The number of carbonyl (C=O) groups is 1. The lowest BCUT2D eigenvalue weighted by molar-refractivity contribution is -0.140. The molecule has 1 fully saturated rings. The quantitative estimate of drug-likeness (QED) is 0.701. The Morgan fingerprint density at radius 3 is 2.77 bits per heavy atom. The molecule has 68 valence electrons. The lowest BCUT2D eigenvalue weighted by Crippen LogP contribution is -2.20. The number of pyridine rings is 1. The van der Waals surface area contributed by atoms with Gasteiger partial charge in [0.2, 0.25) is 0 Å². The van der Waals surface area contributed by atoms with Crippen LogP contribution in [0.4, 0.5) is 5.69 Å². The molecule has 0 spiro atoms. The molecule has 0 atom stereocenters. The molecule has 0 radical (unpaired) electrons. The number of aromatic nitrogens is 1. The van der Waals surface area contributed by atoms with E-state index >= 15 is 0 Å². The van der Waals surface area contributed by atoms with E-state index in [9.17, 15) is 4.79 Å². The molecule has 0 aliphatic heterocycles. The monoisotopic (exact) mass is 178 g/mol. The maximum Gasteiger partial charge on any atom is 0.314 e. The van der Waals surface area contributed by atoms with Crippen LogP contribution in [0.1, 0.15) is 18.4 Å². The zero-order chi connectivity index (χ0) is 9.47. The van der Waals surface area contributed by atoms with E-state index in [0.717, 1.165) is 0 Å². The molecular formula is C9H10N2O2. The van der Waals surface area contributed by atoms with Crippen LogP contribution in [0.5, 0.6) is 0 Å². The molecule has 1 aliphatic carbocycles. The topological polar surface area (TPSA) is 76.2 Å². The number of hydrogen-bond donors (Lipinski definition) is 2. The smallest absolute Gasteiger partial charge is 0.314 e. The Labute approximate surface area is 75.4 Å². The van der Waals surface area contributed by atoms with Crippen LogP contribution in [0.2, 0.25) is 0 Å². The van der Waals surface area contributed by atoms with Crippen LogP contribution >= 0.6 is 0 Å². The molecule has 0 amide bonds. The van der Waals surface area contributed by atoms with Gasteiger partial charge in [-0.15, -0.1) is 0 Å². The summed E-state index contributed by atoms with van der Waals surface area (Å²) in [6, 6.07) is 1.69. The first kappa shape index (κ1) is 8.04. The van der Waals surface area contributed by atoms with Gasteiger partial charge in [0, 0.05) is 6.20 Å². The normalized spacial score (nSPS) is 18.2. The van der Waals surface area contributed by atoms with Gasteiger partial charge in [-0.3, -0.25) is 9.78 Å². The molecule has 0 aromatic carbocycles. The van der Waals surface area contributed by atoms with E-state index < -0.39 is 11.4 Å². The first-order chi connectivity index (χ1) is 6.17. The van der Waals surface area contributed by atoms with Gasteiger partial charge in [-0.05, 0) is 24.5 Å². The van der Waals surface area contributed by atoms with Crippen LogP contribution in [-0.4, -0.2) is 16.1 Å². The third kappa shape index (κ3) is 1.06. The minimum atomic E-state index is -0.787. The average molecular weight is 178 g/mol. The van der Waals surface area contributed by atoms with Crippen LogP contribution in [0.15, 0.2) is 18.5 Å². The Morgan fingerprint density at radius 2 is 2.31 bits per heavy atom. The largest absolute Gasteiger partial charge is 0.481 e. The van der Waals surface area contributed by atoms with Gasteiger partial charge >= 0.3 is 5.97 Å². The number of nitrogens with two attached hydrogens (primary N) is 1. The summed E-state index contributed by atoms with van der Waals surface area (Å²) in [6.45, 7) is 0. The summed E-state index contributed by atoms with van der Waals surface area (Å²) in [5.41, 5.74) is 6.12. The van der Waals surface area contributed by atoms with Gasteiger partial charge in [0.15, 0.2) is 0 Å². The second-order valence-electron chi connectivity index (χ2n) is 3.35. The van der Waals surface area contributed by atoms with Crippen molar-refractivity contribution in [3.63, 3.8) is 0 Å². The number of nitrogen functional groups attached to an aromatic ring is 1. The van der Waals surface area contributed by atoms with Crippen molar-refractivity contribution in [2.45, 2.75) is 18.3 Å². The van der Waals surface area contributed by atoms with Gasteiger partial charge in [0.25, 0.3) is 0 Å². The molecule has 1 aromatic rings. The Balaban J connectivity index is 2.47. The second kappa shape index (κ2) is 2.45. The van der Waals surface area contributed by atoms with Gasteiger partial charge < -0.3 is 10.8 Å². The summed E-state index contributed by atoms with van der Waals surface area (Å²) in [4.78, 5) is 14.8.